The molecule has 4 heteroatoms. The molecule has 1 aromatic carbocycles. The third-order valence-electron chi connectivity index (χ3n) is 3.60. The number of rotatable bonds is 3. The van der Waals surface area contributed by atoms with Gasteiger partial charge < -0.3 is 10.8 Å². The monoisotopic (exact) mass is 252 g/mol. The highest BCUT2D eigenvalue weighted by molar-refractivity contribution is 5.21. The zero-order valence-electron chi connectivity index (χ0n) is 10.7. The lowest BCUT2D eigenvalue weighted by molar-refractivity contribution is 0.0548. The molecule has 0 aromatic heterocycles. The summed E-state index contributed by atoms with van der Waals surface area (Å²) in [7, 11) is 0. The maximum atomic E-state index is 13.0. The van der Waals surface area contributed by atoms with Gasteiger partial charge in [-0.05, 0) is 37.5 Å². The van der Waals surface area contributed by atoms with Gasteiger partial charge in [-0.25, -0.2) is 4.39 Å². The first kappa shape index (κ1) is 13.5. The molecule has 100 valence electrons. The number of aliphatic hydroxyl groups is 1. The van der Waals surface area contributed by atoms with Crippen molar-refractivity contribution >= 4 is 0 Å². The number of piperidine rings is 1. The summed E-state index contributed by atoms with van der Waals surface area (Å²) in [5, 5.41) is 9.55. The van der Waals surface area contributed by atoms with Crippen LogP contribution in [0, 0.1) is 5.82 Å². The highest BCUT2D eigenvalue weighted by atomic mass is 19.1. The lowest BCUT2D eigenvalue weighted by Gasteiger charge is -2.38. The largest absolute Gasteiger partial charge is 0.393 e. The number of aliphatic hydroxyl groups excluding tert-OH is 1. The fourth-order valence-electron chi connectivity index (χ4n) is 2.67. The zero-order chi connectivity index (χ0) is 13.1. The Labute approximate surface area is 107 Å². The number of hydrogen-bond donors (Lipinski definition) is 2. The van der Waals surface area contributed by atoms with E-state index in [1.807, 2.05) is 6.92 Å². The van der Waals surface area contributed by atoms with Crippen LogP contribution in [0.15, 0.2) is 24.3 Å². The van der Waals surface area contributed by atoms with E-state index in [-0.39, 0.29) is 24.0 Å². The van der Waals surface area contributed by atoms with E-state index in [1.54, 1.807) is 12.1 Å². The number of halogens is 1. The third kappa shape index (κ3) is 3.07. The predicted octanol–water partition coefficient (Wildman–Crippen LogP) is 1.67. The molecule has 1 saturated heterocycles. The average Bonchev–Trinajstić information content (AvgIpc) is 2.34. The molecular formula is C14H21FN2O. The maximum absolute atomic E-state index is 13.0. The van der Waals surface area contributed by atoms with Crippen LogP contribution in [0.2, 0.25) is 0 Å². The van der Waals surface area contributed by atoms with Gasteiger partial charge in [0, 0.05) is 25.2 Å². The molecule has 3 nitrogen and oxygen atoms in total. The standard InChI is InChI=1S/C14H21FN2O/c1-10(16)14(11-2-4-12(15)5-3-11)17-8-6-13(18)7-9-17/h2-5,10,13-14,18H,6-9,16H2,1H3. The maximum Gasteiger partial charge on any atom is 0.123 e. The second kappa shape index (κ2) is 5.78. The fourth-order valence-corrected chi connectivity index (χ4v) is 2.67. The van der Waals surface area contributed by atoms with Crippen LogP contribution in [0.5, 0.6) is 0 Å². The van der Waals surface area contributed by atoms with Crippen molar-refractivity contribution in [3.63, 3.8) is 0 Å². The minimum Gasteiger partial charge on any atom is -0.393 e. The van der Waals surface area contributed by atoms with E-state index in [2.05, 4.69) is 4.90 Å². The highest BCUT2D eigenvalue weighted by Gasteiger charge is 2.27. The molecule has 0 aliphatic carbocycles. The van der Waals surface area contributed by atoms with Gasteiger partial charge >= 0.3 is 0 Å². The van der Waals surface area contributed by atoms with E-state index in [1.165, 1.54) is 12.1 Å². The van der Waals surface area contributed by atoms with Gasteiger partial charge in [0.15, 0.2) is 0 Å². The smallest absolute Gasteiger partial charge is 0.123 e. The van der Waals surface area contributed by atoms with Crippen molar-refractivity contribution in [3.05, 3.63) is 35.6 Å². The van der Waals surface area contributed by atoms with Gasteiger partial charge in [-0.3, -0.25) is 4.90 Å². The summed E-state index contributed by atoms with van der Waals surface area (Å²) < 4.78 is 13.0. The van der Waals surface area contributed by atoms with E-state index in [0.29, 0.717) is 0 Å². The Bertz CT molecular complexity index is 372. The fraction of sp³-hybridized carbons (Fsp3) is 0.571. The minimum atomic E-state index is -0.226. The van der Waals surface area contributed by atoms with Crippen LogP contribution in [0.1, 0.15) is 31.4 Å². The Morgan fingerprint density at radius 1 is 1.28 bits per heavy atom. The van der Waals surface area contributed by atoms with Gasteiger partial charge in [-0.2, -0.15) is 0 Å². The predicted molar refractivity (Wildman–Crippen MR) is 69.6 cm³/mol. The highest BCUT2D eigenvalue weighted by Crippen LogP contribution is 2.27. The van der Waals surface area contributed by atoms with Gasteiger partial charge in [-0.15, -0.1) is 0 Å². The van der Waals surface area contributed by atoms with Crippen molar-refractivity contribution in [2.45, 2.75) is 38.0 Å². The quantitative estimate of drug-likeness (QED) is 0.860. The Hall–Kier alpha value is -0.970. The molecule has 1 heterocycles. The van der Waals surface area contributed by atoms with E-state index < -0.39 is 0 Å². The second-order valence-electron chi connectivity index (χ2n) is 5.12. The van der Waals surface area contributed by atoms with Crippen LogP contribution in [0.4, 0.5) is 4.39 Å². The molecule has 18 heavy (non-hydrogen) atoms. The van der Waals surface area contributed by atoms with Crippen LogP contribution in [0.3, 0.4) is 0 Å². The molecule has 1 aliphatic rings. The van der Waals surface area contributed by atoms with E-state index in [0.717, 1.165) is 31.5 Å². The summed E-state index contributed by atoms with van der Waals surface area (Å²) in [6, 6.07) is 6.62. The van der Waals surface area contributed by atoms with Crippen molar-refractivity contribution in [2.75, 3.05) is 13.1 Å². The van der Waals surface area contributed by atoms with Crippen molar-refractivity contribution in [2.24, 2.45) is 5.73 Å². The summed E-state index contributed by atoms with van der Waals surface area (Å²) in [4.78, 5) is 2.28. The Kier molecular flexibility index (Phi) is 4.32. The summed E-state index contributed by atoms with van der Waals surface area (Å²) in [5.74, 6) is -0.226. The van der Waals surface area contributed by atoms with Crippen LogP contribution >= 0.6 is 0 Å². The molecule has 0 saturated carbocycles. The molecule has 0 bridgehead atoms. The molecular weight excluding hydrogens is 231 g/mol. The molecule has 1 fully saturated rings. The molecule has 3 N–H and O–H groups in total. The van der Waals surface area contributed by atoms with Gasteiger partial charge in [-0.1, -0.05) is 12.1 Å². The van der Waals surface area contributed by atoms with Crippen molar-refractivity contribution in [1.82, 2.24) is 4.90 Å². The first-order valence-corrected chi connectivity index (χ1v) is 6.51. The molecule has 2 rings (SSSR count). The van der Waals surface area contributed by atoms with Gasteiger partial charge in [0.05, 0.1) is 6.10 Å². The van der Waals surface area contributed by atoms with Crippen LogP contribution in [0.25, 0.3) is 0 Å². The summed E-state index contributed by atoms with van der Waals surface area (Å²) in [6.45, 7) is 3.65. The first-order chi connectivity index (χ1) is 8.58. The number of likely N-dealkylation sites (tertiary alicyclic amines) is 1. The minimum absolute atomic E-state index is 0.0225. The SMILES string of the molecule is CC(N)C(c1ccc(F)cc1)N1CCC(O)CC1. The number of nitrogens with two attached hydrogens (primary N) is 1. The molecule has 1 aromatic rings. The third-order valence-corrected chi connectivity index (χ3v) is 3.60. The van der Waals surface area contributed by atoms with Gasteiger partial charge in [0.2, 0.25) is 0 Å². The number of hydrogen-bond acceptors (Lipinski definition) is 3. The molecule has 0 spiro atoms. The zero-order valence-corrected chi connectivity index (χ0v) is 10.7. The van der Waals surface area contributed by atoms with Crippen LogP contribution in [-0.4, -0.2) is 35.2 Å². The van der Waals surface area contributed by atoms with Crippen molar-refractivity contribution in [3.8, 4) is 0 Å². The Morgan fingerprint density at radius 2 is 1.83 bits per heavy atom. The van der Waals surface area contributed by atoms with Gasteiger partial charge in [0.1, 0.15) is 5.82 Å². The Balaban J connectivity index is 2.15. The lowest BCUT2D eigenvalue weighted by atomic mass is 9.96. The van der Waals surface area contributed by atoms with Gasteiger partial charge in [0.25, 0.3) is 0 Å². The average molecular weight is 252 g/mol. The van der Waals surface area contributed by atoms with Crippen molar-refractivity contribution in [1.29, 1.82) is 0 Å². The second-order valence-corrected chi connectivity index (χ2v) is 5.12. The summed E-state index contributed by atoms with van der Waals surface area (Å²) in [6.07, 6.45) is 1.37. The molecule has 2 atom stereocenters. The number of benzene rings is 1. The molecule has 2 unspecified atom stereocenters. The Morgan fingerprint density at radius 3 is 2.33 bits per heavy atom. The topological polar surface area (TPSA) is 49.5 Å². The first-order valence-electron chi connectivity index (χ1n) is 6.51. The molecule has 0 radical (unpaired) electrons. The van der Waals surface area contributed by atoms with Crippen LogP contribution in [-0.2, 0) is 0 Å². The normalized spacial score (nSPS) is 21.8. The van der Waals surface area contributed by atoms with E-state index in [9.17, 15) is 9.50 Å². The lowest BCUT2D eigenvalue weighted by Crippen LogP contribution is -2.44. The summed E-state index contributed by atoms with van der Waals surface area (Å²) in [5.41, 5.74) is 7.12. The van der Waals surface area contributed by atoms with Crippen molar-refractivity contribution < 1.29 is 9.50 Å². The summed E-state index contributed by atoms with van der Waals surface area (Å²) >= 11 is 0. The van der Waals surface area contributed by atoms with E-state index >= 15 is 0 Å². The molecule has 1 aliphatic heterocycles. The number of nitrogens with zero attached hydrogens (tertiary/aromatic N) is 1. The van der Waals surface area contributed by atoms with Crippen LogP contribution < -0.4 is 5.73 Å². The van der Waals surface area contributed by atoms with E-state index in [4.69, 9.17) is 5.73 Å². The molecule has 0 amide bonds.